The first kappa shape index (κ1) is 18.1. The van der Waals surface area contributed by atoms with Crippen LogP contribution in [0.1, 0.15) is 51.3 Å². The molecule has 0 radical (unpaired) electrons. The molecule has 26 heavy (non-hydrogen) atoms. The van der Waals surface area contributed by atoms with E-state index in [0.717, 1.165) is 55.0 Å². The molecule has 0 unspecified atom stereocenters. The number of hydrogen-bond acceptors (Lipinski definition) is 4. The standard InChI is InChI=1S/C21H25N3O2/c1-2-19(25)8-5-3-4-6-9-21-22-16-20(26-21)17-10-12-18(13-11-17)24-15-7-14-23-24/h7,10-16H,2-6,8-9H2,1H3. The predicted molar refractivity (Wildman–Crippen MR) is 101 cm³/mol. The highest BCUT2D eigenvalue weighted by Crippen LogP contribution is 2.22. The summed E-state index contributed by atoms with van der Waals surface area (Å²) in [5.74, 6) is 1.93. The van der Waals surface area contributed by atoms with Crippen LogP contribution in [0.15, 0.2) is 53.3 Å². The summed E-state index contributed by atoms with van der Waals surface area (Å²) < 4.78 is 7.70. The molecule has 136 valence electrons. The summed E-state index contributed by atoms with van der Waals surface area (Å²) in [5, 5.41) is 4.22. The van der Waals surface area contributed by atoms with Gasteiger partial charge in [0, 0.05) is 37.2 Å². The van der Waals surface area contributed by atoms with Crippen molar-refractivity contribution in [2.24, 2.45) is 0 Å². The highest BCUT2D eigenvalue weighted by atomic mass is 16.4. The van der Waals surface area contributed by atoms with Crippen molar-refractivity contribution < 1.29 is 9.21 Å². The van der Waals surface area contributed by atoms with E-state index in [2.05, 4.69) is 10.1 Å². The number of rotatable bonds is 10. The van der Waals surface area contributed by atoms with Crippen LogP contribution in [0.2, 0.25) is 0 Å². The Morgan fingerprint density at radius 3 is 2.65 bits per heavy atom. The molecule has 3 rings (SSSR count). The van der Waals surface area contributed by atoms with Gasteiger partial charge in [0.15, 0.2) is 11.7 Å². The first-order valence-electron chi connectivity index (χ1n) is 9.33. The van der Waals surface area contributed by atoms with Gasteiger partial charge in [-0.15, -0.1) is 0 Å². The maximum atomic E-state index is 11.3. The van der Waals surface area contributed by atoms with Crippen LogP contribution in [0.3, 0.4) is 0 Å². The smallest absolute Gasteiger partial charge is 0.194 e. The third-order valence-electron chi connectivity index (χ3n) is 4.46. The summed E-state index contributed by atoms with van der Waals surface area (Å²) >= 11 is 0. The second-order valence-electron chi connectivity index (χ2n) is 6.42. The van der Waals surface area contributed by atoms with E-state index in [1.165, 1.54) is 0 Å². The average Bonchev–Trinajstić information content (AvgIpc) is 3.36. The second-order valence-corrected chi connectivity index (χ2v) is 6.42. The summed E-state index contributed by atoms with van der Waals surface area (Å²) in [4.78, 5) is 15.6. The normalized spacial score (nSPS) is 11.0. The largest absolute Gasteiger partial charge is 0.441 e. The van der Waals surface area contributed by atoms with Crippen molar-refractivity contribution in [1.82, 2.24) is 14.8 Å². The van der Waals surface area contributed by atoms with Crippen molar-refractivity contribution in [2.75, 3.05) is 0 Å². The van der Waals surface area contributed by atoms with Gasteiger partial charge in [-0.25, -0.2) is 9.67 Å². The number of carbonyl (C=O) groups excluding carboxylic acids is 1. The highest BCUT2D eigenvalue weighted by molar-refractivity contribution is 5.77. The molecule has 0 bridgehead atoms. The van der Waals surface area contributed by atoms with E-state index in [-0.39, 0.29) is 0 Å². The van der Waals surface area contributed by atoms with Crippen LogP contribution in [0.4, 0.5) is 0 Å². The molecule has 0 saturated heterocycles. The minimum atomic E-state index is 0.362. The van der Waals surface area contributed by atoms with Gasteiger partial charge in [0.2, 0.25) is 0 Å². The Morgan fingerprint density at radius 1 is 1.12 bits per heavy atom. The van der Waals surface area contributed by atoms with E-state index < -0.39 is 0 Å². The number of carbonyl (C=O) groups is 1. The van der Waals surface area contributed by atoms with Gasteiger partial charge in [-0.3, -0.25) is 4.79 Å². The van der Waals surface area contributed by atoms with Crippen molar-refractivity contribution in [3.05, 3.63) is 54.8 Å². The lowest BCUT2D eigenvalue weighted by atomic mass is 10.1. The number of benzene rings is 1. The number of unbranched alkanes of at least 4 members (excludes halogenated alkanes) is 3. The minimum Gasteiger partial charge on any atom is -0.441 e. The summed E-state index contributed by atoms with van der Waals surface area (Å²) in [7, 11) is 0. The Labute approximate surface area is 154 Å². The molecule has 0 atom stereocenters. The first-order valence-corrected chi connectivity index (χ1v) is 9.33. The average molecular weight is 351 g/mol. The topological polar surface area (TPSA) is 60.9 Å². The fraction of sp³-hybridized carbons (Fsp3) is 0.381. The van der Waals surface area contributed by atoms with Gasteiger partial charge < -0.3 is 4.42 Å². The zero-order valence-electron chi connectivity index (χ0n) is 15.2. The predicted octanol–water partition coefficient (Wildman–Crippen LogP) is 5.00. The van der Waals surface area contributed by atoms with E-state index in [0.29, 0.717) is 18.6 Å². The quantitative estimate of drug-likeness (QED) is 0.482. The Morgan fingerprint density at radius 2 is 1.92 bits per heavy atom. The van der Waals surface area contributed by atoms with Gasteiger partial charge in [-0.05, 0) is 43.2 Å². The Hall–Kier alpha value is -2.69. The second kappa shape index (κ2) is 9.13. The maximum absolute atomic E-state index is 11.3. The van der Waals surface area contributed by atoms with Crippen LogP contribution in [0.5, 0.6) is 0 Å². The van der Waals surface area contributed by atoms with Crippen molar-refractivity contribution in [3.8, 4) is 17.0 Å². The van der Waals surface area contributed by atoms with E-state index in [1.54, 1.807) is 12.4 Å². The molecule has 2 aromatic heterocycles. The molecule has 2 heterocycles. The molecule has 5 heteroatoms. The fourth-order valence-corrected chi connectivity index (χ4v) is 2.89. The minimum absolute atomic E-state index is 0.362. The number of aromatic nitrogens is 3. The Balaban J connectivity index is 1.46. The van der Waals surface area contributed by atoms with Gasteiger partial charge in [0.05, 0.1) is 11.9 Å². The zero-order valence-corrected chi connectivity index (χ0v) is 15.2. The van der Waals surface area contributed by atoms with E-state index in [9.17, 15) is 4.79 Å². The highest BCUT2D eigenvalue weighted by Gasteiger charge is 2.07. The number of ketones is 1. The van der Waals surface area contributed by atoms with Gasteiger partial charge in [-0.1, -0.05) is 19.8 Å². The lowest BCUT2D eigenvalue weighted by molar-refractivity contribution is -0.118. The third-order valence-corrected chi connectivity index (χ3v) is 4.46. The molecule has 0 spiro atoms. The molecule has 0 aliphatic heterocycles. The summed E-state index contributed by atoms with van der Waals surface area (Å²) in [6.07, 6.45) is 11.9. The van der Waals surface area contributed by atoms with Crippen molar-refractivity contribution in [1.29, 1.82) is 0 Å². The maximum Gasteiger partial charge on any atom is 0.194 e. The van der Waals surface area contributed by atoms with Crippen LogP contribution in [-0.2, 0) is 11.2 Å². The van der Waals surface area contributed by atoms with E-state index in [4.69, 9.17) is 4.42 Å². The molecule has 0 fully saturated rings. The summed E-state index contributed by atoms with van der Waals surface area (Å²) in [6, 6.07) is 9.97. The van der Waals surface area contributed by atoms with Crippen LogP contribution in [-0.4, -0.2) is 20.5 Å². The van der Waals surface area contributed by atoms with Crippen LogP contribution < -0.4 is 0 Å². The lowest BCUT2D eigenvalue weighted by Crippen LogP contribution is -1.94. The summed E-state index contributed by atoms with van der Waals surface area (Å²) in [6.45, 7) is 1.92. The number of Topliss-reactive ketones (excluding diaryl/α,β-unsaturated/α-hetero) is 1. The lowest BCUT2D eigenvalue weighted by Gasteiger charge is -2.02. The molecular weight excluding hydrogens is 326 g/mol. The SMILES string of the molecule is CCC(=O)CCCCCCc1ncc(-c2ccc(-n3cccn3)cc2)o1. The van der Waals surface area contributed by atoms with Crippen molar-refractivity contribution >= 4 is 5.78 Å². The third kappa shape index (κ3) is 4.91. The molecule has 0 aliphatic rings. The number of aryl methyl sites for hydroxylation is 1. The fourth-order valence-electron chi connectivity index (χ4n) is 2.89. The van der Waals surface area contributed by atoms with Gasteiger partial charge in [0.25, 0.3) is 0 Å². The molecule has 0 N–H and O–H groups in total. The van der Waals surface area contributed by atoms with Gasteiger partial charge in [-0.2, -0.15) is 5.10 Å². The van der Waals surface area contributed by atoms with Crippen molar-refractivity contribution in [2.45, 2.75) is 51.9 Å². The molecule has 0 aliphatic carbocycles. The Bertz CT molecular complexity index is 804. The molecule has 5 nitrogen and oxygen atoms in total. The van der Waals surface area contributed by atoms with Crippen LogP contribution in [0, 0.1) is 0 Å². The molecule has 1 aromatic carbocycles. The van der Waals surface area contributed by atoms with E-state index in [1.807, 2.05) is 48.1 Å². The van der Waals surface area contributed by atoms with Crippen LogP contribution in [0.25, 0.3) is 17.0 Å². The number of oxazole rings is 1. The zero-order chi connectivity index (χ0) is 18.2. The monoisotopic (exact) mass is 351 g/mol. The summed E-state index contributed by atoms with van der Waals surface area (Å²) in [5.41, 5.74) is 2.03. The molecule has 0 amide bonds. The number of nitrogens with zero attached hydrogens (tertiary/aromatic N) is 3. The Kier molecular flexibility index (Phi) is 6.36. The molecule has 3 aromatic rings. The number of hydrogen-bond donors (Lipinski definition) is 0. The first-order chi connectivity index (χ1) is 12.8. The van der Waals surface area contributed by atoms with Gasteiger partial charge >= 0.3 is 0 Å². The molecular formula is C21H25N3O2. The van der Waals surface area contributed by atoms with E-state index >= 15 is 0 Å². The van der Waals surface area contributed by atoms with Gasteiger partial charge in [0.1, 0.15) is 5.78 Å². The van der Waals surface area contributed by atoms with Crippen molar-refractivity contribution in [3.63, 3.8) is 0 Å². The molecule has 0 saturated carbocycles. The van der Waals surface area contributed by atoms with Crippen LogP contribution >= 0.6 is 0 Å².